The molecule has 0 bridgehead atoms. The molecule has 6 nitrogen and oxygen atoms in total. The lowest BCUT2D eigenvalue weighted by molar-refractivity contribution is -0.145. The molecule has 0 saturated carbocycles. The number of halogens is 1. The summed E-state index contributed by atoms with van der Waals surface area (Å²) in [6.07, 6.45) is 1.36. The van der Waals surface area contributed by atoms with Crippen molar-refractivity contribution in [2.45, 2.75) is 12.8 Å². The molecule has 0 unspecified atom stereocenters. The lowest BCUT2D eigenvalue weighted by Crippen LogP contribution is -2.48. The van der Waals surface area contributed by atoms with Crippen LogP contribution in [-0.2, 0) is 9.59 Å². The van der Waals surface area contributed by atoms with Crippen molar-refractivity contribution < 1.29 is 19.4 Å². The van der Waals surface area contributed by atoms with Crippen LogP contribution in [0.15, 0.2) is 18.2 Å². The highest BCUT2D eigenvalue weighted by molar-refractivity contribution is 6.31. The van der Waals surface area contributed by atoms with Crippen LogP contribution >= 0.6 is 11.6 Å². The first-order valence-electron chi connectivity index (χ1n) is 7.72. The normalized spacial score (nSPS) is 20.7. The van der Waals surface area contributed by atoms with E-state index in [1.165, 1.54) is 0 Å². The summed E-state index contributed by atoms with van der Waals surface area (Å²) in [5.41, 5.74) is 0.809. The highest BCUT2D eigenvalue weighted by atomic mass is 35.5. The molecule has 1 fully saturated rings. The largest absolute Gasteiger partial charge is 0.490 e. The minimum atomic E-state index is -0.828. The summed E-state index contributed by atoms with van der Waals surface area (Å²) < 4.78 is 5.58. The molecule has 2 heterocycles. The lowest BCUT2D eigenvalue weighted by Gasteiger charge is -2.35. The van der Waals surface area contributed by atoms with E-state index >= 15 is 0 Å². The zero-order valence-electron chi connectivity index (χ0n) is 12.7. The number of nitrogens with zero attached hydrogens (tertiary/aromatic N) is 2. The van der Waals surface area contributed by atoms with E-state index in [1.807, 2.05) is 4.90 Å². The first-order chi connectivity index (χ1) is 11.0. The predicted octanol–water partition coefficient (Wildman–Crippen LogP) is 1.86. The summed E-state index contributed by atoms with van der Waals surface area (Å²) in [4.78, 5) is 27.3. The number of fused-ring (bicyclic) bond motifs is 1. The monoisotopic (exact) mass is 338 g/mol. The van der Waals surface area contributed by atoms with E-state index in [0.717, 1.165) is 17.9 Å². The van der Waals surface area contributed by atoms with Gasteiger partial charge in [0.2, 0.25) is 5.91 Å². The summed E-state index contributed by atoms with van der Waals surface area (Å²) >= 11 is 6.04. The lowest BCUT2D eigenvalue weighted by atomic mass is 9.98. The molecule has 1 amide bonds. The molecule has 0 spiro atoms. The smallest absolute Gasteiger partial charge is 0.308 e. The maximum Gasteiger partial charge on any atom is 0.308 e. The van der Waals surface area contributed by atoms with Crippen molar-refractivity contribution in [1.82, 2.24) is 4.90 Å². The number of amides is 1. The van der Waals surface area contributed by atoms with Crippen LogP contribution < -0.4 is 9.64 Å². The van der Waals surface area contributed by atoms with Crippen molar-refractivity contribution in [2.75, 3.05) is 37.7 Å². The van der Waals surface area contributed by atoms with Crippen molar-refractivity contribution in [3.63, 3.8) is 0 Å². The van der Waals surface area contributed by atoms with E-state index in [-0.39, 0.29) is 12.5 Å². The predicted molar refractivity (Wildman–Crippen MR) is 86.1 cm³/mol. The van der Waals surface area contributed by atoms with E-state index in [4.69, 9.17) is 21.4 Å². The van der Waals surface area contributed by atoms with Crippen LogP contribution in [0.1, 0.15) is 12.8 Å². The number of carboxylic acids is 1. The van der Waals surface area contributed by atoms with Gasteiger partial charge < -0.3 is 19.6 Å². The van der Waals surface area contributed by atoms with Gasteiger partial charge >= 0.3 is 5.97 Å². The van der Waals surface area contributed by atoms with Crippen LogP contribution in [0.2, 0.25) is 5.02 Å². The van der Waals surface area contributed by atoms with Gasteiger partial charge in [0.15, 0.2) is 0 Å². The highest BCUT2D eigenvalue weighted by Gasteiger charge is 2.29. The molecule has 0 aromatic heterocycles. The second-order valence-electron chi connectivity index (χ2n) is 5.90. The minimum Gasteiger partial charge on any atom is -0.490 e. The number of aliphatic carboxylic acids is 1. The van der Waals surface area contributed by atoms with Crippen LogP contribution in [0.4, 0.5) is 5.69 Å². The summed E-state index contributed by atoms with van der Waals surface area (Å²) in [5.74, 6) is -0.621. The van der Waals surface area contributed by atoms with Gasteiger partial charge in [-0.2, -0.15) is 0 Å². The molecule has 1 saturated heterocycles. The van der Waals surface area contributed by atoms with Gasteiger partial charge in [0, 0.05) is 18.1 Å². The molecule has 2 aliphatic heterocycles. The molecular formula is C16H19ClN2O4. The van der Waals surface area contributed by atoms with Crippen molar-refractivity contribution in [3.8, 4) is 5.75 Å². The van der Waals surface area contributed by atoms with E-state index < -0.39 is 11.9 Å². The molecule has 1 aromatic rings. The van der Waals surface area contributed by atoms with Gasteiger partial charge in [0.05, 0.1) is 24.7 Å². The Morgan fingerprint density at radius 2 is 2.17 bits per heavy atom. The second-order valence-corrected chi connectivity index (χ2v) is 6.34. The third-order valence-corrected chi connectivity index (χ3v) is 4.56. The summed E-state index contributed by atoms with van der Waals surface area (Å²) in [5, 5.41) is 9.73. The Bertz CT molecular complexity index is 622. The molecule has 0 aliphatic carbocycles. The minimum absolute atomic E-state index is 0.0521. The summed E-state index contributed by atoms with van der Waals surface area (Å²) in [6.45, 7) is 2.24. The van der Waals surface area contributed by atoms with Gasteiger partial charge in [-0.1, -0.05) is 11.6 Å². The van der Waals surface area contributed by atoms with Crippen molar-refractivity contribution in [2.24, 2.45) is 5.92 Å². The summed E-state index contributed by atoms with van der Waals surface area (Å²) in [7, 11) is 0. The van der Waals surface area contributed by atoms with Gasteiger partial charge in [-0.05, 0) is 31.0 Å². The van der Waals surface area contributed by atoms with E-state index in [9.17, 15) is 9.59 Å². The highest BCUT2D eigenvalue weighted by Crippen LogP contribution is 2.34. The Hall–Kier alpha value is -1.95. The molecule has 3 rings (SSSR count). The van der Waals surface area contributed by atoms with Gasteiger partial charge in [-0.25, -0.2) is 0 Å². The van der Waals surface area contributed by atoms with Crippen molar-refractivity contribution in [1.29, 1.82) is 0 Å². The first kappa shape index (κ1) is 15.9. The molecule has 124 valence electrons. The number of carbonyl (C=O) groups is 2. The number of benzene rings is 1. The number of ether oxygens (including phenoxy) is 1. The SMILES string of the molecule is O=C(O)[C@@H]1CCCN(C(=O)CN2CCOc3ccc(Cl)cc32)C1. The van der Waals surface area contributed by atoms with Crippen LogP contribution in [-0.4, -0.2) is 54.7 Å². The van der Waals surface area contributed by atoms with Crippen molar-refractivity contribution >= 4 is 29.2 Å². The Morgan fingerprint density at radius 1 is 1.35 bits per heavy atom. The fourth-order valence-corrected chi connectivity index (χ4v) is 3.25. The number of anilines is 1. The second kappa shape index (κ2) is 6.66. The number of hydrogen-bond acceptors (Lipinski definition) is 4. The molecule has 1 aromatic carbocycles. The average Bonchev–Trinajstić information content (AvgIpc) is 2.55. The number of carboxylic acid groups (broad SMARTS) is 1. The maximum absolute atomic E-state index is 12.5. The molecule has 1 N–H and O–H groups in total. The average molecular weight is 339 g/mol. The van der Waals surface area contributed by atoms with Gasteiger partial charge in [0.1, 0.15) is 12.4 Å². The number of likely N-dealkylation sites (tertiary alicyclic amines) is 1. The number of piperidine rings is 1. The zero-order chi connectivity index (χ0) is 16.4. The van der Waals surface area contributed by atoms with Gasteiger partial charge in [-0.3, -0.25) is 9.59 Å². The van der Waals surface area contributed by atoms with E-state index in [0.29, 0.717) is 37.7 Å². The number of rotatable bonds is 3. The standard InChI is InChI=1S/C16H19ClN2O4/c17-12-3-4-14-13(8-12)18(6-7-23-14)10-15(20)19-5-1-2-11(9-19)16(21)22/h3-4,8,11H,1-2,5-7,9-10H2,(H,21,22)/t11-/m1/s1. The summed E-state index contributed by atoms with van der Waals surface area (Å²) in [6, 6.07) is 5.35. The quantitative estimate of drug-likeness (QED) is 0.911. The fraction of sp³-hybridized carbons (Fsp3) is 0.500. The maximum atomic E-state index is 12.5. The Kier molecular flexibility index (Phi) is 4.61. The molecular weight excluding hydrogens is 320 g/mol. The van der Waals surface area contributed by atoms with Gasteiger partial charge in [0.25, 0.3) is 0 Å². The Morgan fingerprint density at radius 3 is 2.96 bits per heavy atom. The van der Waals surface area contributed by atoms with Crippen LogP contribution in [0.3, 0.4) is 0 Å². The Labute approximate surface area is 139 Å². The molecule has 7 heteroatoms. The molecule has 1 atom stereocenters. The topological polar surface area (TPSA) is 70.1 Å². The zero-order valence-corrected chi connectivity index (χ0v) is 13.5. The fourth-order valence-electron chi connectivity index (χ4n) is 3.08. The van der Waals surface area contributed by atoms with Gasteiger partial charge in [-0.15, -0.1) is 0 Å². The third kappa shape index (κ3) is 3.52. The number of carbonyl (C=O) groups excluding carboxylic acids is 1. The van der Waals surface area contributed by atoms with E-state index in [2.05, 4.69) is 0 Å². The third-order valence-electron chi connectivity index (χ3n) is 4.33. The molecule has 0 radical (unpaired) electrons. The van der Waals surface area contributed by atoms with E-state index in [1.54, 1.807) is 23.1 Å². The number of hydrogen-bond donors (Lipinski definition) is 1. The van der Waals surface area contributed by atoms with Crippen LogP contribution in [0.25, 0.3) is 0 Å². The molecule has 23 heavy (non-hydrogen) atoms. The van der Waals surface area contributed by atoms with Crippen molar-refractivity contribution in [3.05, 3.63) is 23.2 Å². The first-order valence-corrected chi connectivity index (χ1v) is 8.10. The van der Waals surface area contributed by atoms with Crippen LogP contribution in [0, 0.1) is 5.92 Å². The van der Waals surface area contributed by atoms with Crippen LogP contribution in [0.5, 0.6) is 5.75 Å². The molecule has 2 aliphatic rings. The Balaban J connectivity index is 1.69.